The third-order valence-electron chi connectivity index (χ3n) is 2.78. The molecule has 0 amide bonds. The normalized spacial score (nSPS) is 12.7. The standard InChI is InChI=1S/C11H13N7O/c1-6-5-9(18-8(13-6)3-4-12-18)14-7(2)10-15-11(19)17-16-10/h3-5,7,14H,1-2H3,(H2,15,16,17,19)/t7-/m1/s1. The minimum Gasteiger partial charge on any atom is -0.360 e. The van der Waals surface area contributed by atoms with Crippen molar-refractivity contribution in [2.75, 3.05) is 5.32 Å². The van der Waals surface area contributed by atoms with Crippen LogP contribution in [0.2, 0.25) is 0 Å². The van der Waals surface area contributed by atoms with Crippen LogP contribution in [0, 0.1) is 6.92 Å². The molecule has 0 bridgehead atoms. The van der Waals surface area contributed by atoms with Crippen LogP contribution in [0.4, 0.5) is 5.82 Å². The molecular formula is C11H13N7O. The van der Waals surface area contributed by atoms with E-state index in [1.54, 1.807) is 10.7 Å². The Bertz CT molecular complexity index is 769. The number of H-pyrrole nitrogens is 2. The van der Waals surface area contributed by atoms with Crippen molar-refractivity contribution in [2.24, 2.45) is 0 Å². The summed E-state index contributed by atoms with van der Waals surface area (Å²) in [5.74, 6) is 1.34. The molecule has 1 atom stereocenters. The Hall–Kier alpha value is -2.64. The van der Waals surface area contributed by atoms with Crippen molar-refractivity contribution < 1.29 is 0 Å². The first kappa shape index (κ1) is 11.5. The van der Waals surface area contributed by atoms with Gasteiger partial charge in [0.2, 0.25) is 0 Å². The summed E-state index contributed by atoms with van der Waals surface area (Å²) in [5, 5.41) is 13.7. The molecule has 8 nitrogen and oxygen atoms in total. The minimum absolute atomic E-state index is 0.159. The smallest absolute Gasteiger partial charge is 0.340 e. The van der Waals surface area contributed by atoms with E-state index in [-0.39, 0.29) is 11.7 Å². The fourth-order valence-electron chi connectivity index (χ4n) is 1.92. The van der Waals surface area contributed by atoms with Crippen LogP contribution in [0.25, 0.3) is 5.65 Å². The third-order valence-corrected chi connectivity index (χ3v) is 2.78. The molecule has 3 N–H and O–H groups in total. The average molecular weight is 259 g/mol. The lowest BCUT2D eigenvalue weighted by molar-refractivity contribution is 0.775. The summed E-state index contributed by atoms with van der Waals surface area (Å²) in [6.45, 7) is 3.82. The van der Waals surface area contributed by atoms with Crippen molar-refractivity contribution in [2.45, 2.75) is 19.9 Å². The van der Waals surface area contributed by atoms with E-state index in [0.717, 1.165) is 17.2 Å². The highest BCUT2D eigenvalue weighted by Gasteiger charge is 2.12. The van der Waals surface area contributed by atoms with E-state index < -0.39 is 0 Å². The third kappa shape index (κ3) is 2.07. The molecule has 0 fully saturated rings. The van der Waals surface area contributed by atoms with Crippen molar-refractivity contribution in [3.8, 4) is 0 Å². The molecule has 0 aromatic carbocycles. The summed E-state index contributed by atoms with van der Waals surface area (Å²) < 4.78 is 1.70. The largest absolute Gasteiger partial charge is 0.360 e. The molecule has 0 aliphatic carbocycles. The van der Waals surface area contributed by atoms with Crippen molar-refractivity contribution in [1.29, 1.82) is 0 Å². The Morgan fingerprint density at radius 1 is 1.47 bits per heavy atom. The zero-order chi connectivity index (χ0) is 13.4. The fraction of sp³-hybridized carbons (Fsp3) is 0.273. The molecule has 3 aromatic rings. The lowest BCUT2D eigenvalue weighted by Crippen LogP contribution is -2.13. The maximum Gasteiger partial charge on any atom is 0.340 e. The SMILES string of the molecule is Cc1cc(N[C@H](C)c2n[nH]c(=O)[nH]2)n2nccc2n1. The highest BCUT2D eigenvalue weighted by Crippen LogP contribution is 2.17. The average Bonchev–Trinajstić information content (AvgIpc) is 2.97. The van der Waals surface area contributed by atoms with Crippen LogP contribution in [0.5, 0.6) is 0 Å². The molecule has 0 saturated heterocycles. The Morgan fingerprint density at radius 2 is 2.32 bits per heavy atom. The van der Waals surface area contributed by atoms with Gasteiger partial charge in [-0.3, -0.25) is 4.98 Å². The Morgan fingerprint density at radius 3 is 3.05 bits per heavy atom. The Labute approximate surface area is 107 Å². The number of fused-ring (bicyclic) bond motifs is 1. The van der Waals surface area contributed by atoms with Gasteiger partial charge in [0.1, 0.15) is 5.82 Å². The first-order valence-corrected chi connectivity index (χ1v) is 5.86. The maximum absolute atomic E-state index is 11.0. The van der Waals surface area contributed by atoms with Gasteiger partial charge in [-0.1, -0.05) is 0 Å². The number of nitrogens with zero attached hydrogens (tertiary/aromatic N) is 4. The van der Waals surface area contributed by atoms with Gasteiger partial charge in [-0.15, -0.1) is 0 Å². The van der Waals surface area contributed by atoms with Crippen LogP contribution in [0.15, 0.2) is 23.1 Å². The molecule has 98 valence electrons. The number of aromatic amines is 2. The number of anilines is 1. The van der Waals surface area contributed by atoms with Gasteiger partial charge in [0.25, 0.3) is 0 Å². The number of nitrogens with one attached hydrogen (secondary N) is 3. The van der Waals surface area contributed by atoms with Gasteiger partial charge < -0.3 is 5.32 Å². The number of hydrogen-bond acceptors (Lipinski definition) is 5. The number of aryl methyl sites for hydroxylation is 1. The Kier molecular flexibility index (Phi) is 2.55. The first-order valence-electron chi connectivity index (χ1n) is 5.86. The molecule has 0 aliphatic heterocycles. The maximum atomic E-state index is 11.0. The lowest BCUT2D eigenvalue weighted by atomic mass is 10.3. The zero-order valence-electron chi connectivity index (χ0n) is 10.5. The van der Waals surface area contributed by atoms with Crippen molar-refractivity contribution in [3.63, 3.8) is 0 Å². The van der Waals surface area contributed by atoms with Crippen LogP contribution < -0.4 is 11.0 Å². The van der Waals surface area contributed by atoms with E-state index in [1.807, 2.05) is 26.0 Å². The molecule has 3 rings (SSSR count). The van der Waals surface area contributed by atoms with Crippen LogP contribution in [-0.4, -0.2) is 29.8 Å². The van der Waals surface area contributed by atoms with Gasteiger partial charge in [-0.25, -0.2) is 14.9 Å². The predicted octanol–water partition coefficient (Wildman–Crippen LogP) is 0.622. The molecule has 0 aliphatic rings. The molecule has 0 saturated carbocycles. The summed E-state index contributed by atoms with van der Waals surface area (Å²) in [4.78, 5) is 18.0. The minimum atomic E-state index is -0.321. The lowest BCUT2D eigenvalue weighted by Gasteiger charge is -2.13. The molecule has 19 heavy (non-hydrogen) atoms. The molecular weight excluding hydrogens is 246 g/mol. The molecule has 0 radical (unpaired) electrons. The van der Waals surface area contributed by atoms with Crippen LogP contribution in [0.1, 0.15) is 24.5 Å². The number of rotatable bonds is 3. The second-order valence-electron chi connectivity index (χ2n) is 4.31. The van der Waals surface area contributed by atoms with Gasteiger partial charge >= 0.3 is 5.69 Å². The van der Waals surface area contributed by atoms with E-state index in [2.05, 4.69) is 30.6 Å². The second kappa shape index (κ2) is 4.23. The number of hydrogen-bond donors (Lipinski definition) is 3. The zero-order valence-corrected chi connectivity index (χ0v) is 10.5. The summed E-state index contributed by atoms with van der Waals surface area (Å²) in [5.41, 5.74) is 1.34. The van der Waals surface area contributed by atoms with Gasteiger partial charge in [0.15, 0.2) is 11.5 Å². The fourth-order valence-corrected chi connectivity index (χ4v) is 1.92. The topological polar surface area (TPSA) is 104 Å². The van der Waals surface area contributed by atoms with E-state index in [1.165, 1.54) is 0 Å². The highest BCUT2D eigenvalue weighted by molar-refractivity contribution is 5.49. The van der Waals surface area contributed by atoms with Crippen LogP contribution in [-0.2, 0) is 0 Å². The molecule has 0 spiro atoms. The molecule has 8 heteroatoms. The highest BCUT2D eigenvalue weighted by atomic mass is 16.1. The summed E-state index contributed by atoms with van der Waals surface area (Å²) in [7, 11) is 0. The predicted molar refractivity (Wildman–Crippen MR) is 69.0 cm³/mol. The monoisotopic (exact) mass is 259 g/mol. The van der Waals surface area contributed by atoms with E-state index in [4.69, 9.17) is 0 Å². The van der Waals surface area contributed by atoms with E-state index in [0.29, 0.717) is 5.82 Å². The van der Waals surface area contributed by atoms with Gasteiger partial charge in [0.05, 0.1) is 12.2 Å². The van der Waals surface area contributed by atoms with Crippen LogP contribution >= 0.6 is 0 Å². The summed E-state index contributed by atoms with van der Waals surface area (Å²) in [6, 6.07) is 3.56. The van der Waals surface area contributed by atoms with Crippen molar-refractivity contribution in [3.05, 3.63) is 40.3 Å². The Balaban J connectivity index is 1.96. The first-order chi connectivity index (χ1) is 9.13. The van der Waals surface area contributed by atoms with Gasteiger partial charge in [-0.2, -0.15) is 14.7 Å². The quantitative estimate of drug-likeness (QED) is 0.639. The second-order valence-corrected chi connectivity index (χ2v) is 4.31. The molecule has 0 unspecified atom stereocenters. The molecule has 3 aromatic heterocycles. The number of aromatic nitrogens is 6. The van der Waals surface area contributed by atoms with Gasteiger partial charge in [0, 0.05) is 17.8 Å². The van der Waals surface area contributed by atoms with Crippen molar-refractivity contribution in [1.82, 2.24) is 29.8 Å². The van der Waals surface area contributed by atoms with Gasteiger partial charge in [-0.05, 0) is 13.8 Å². The molecule has 3 heterocycles. The van der Waals surface area contributed by atoms with E-state index >= 15 is 0 Å². The summed E-state index contributed by atoms with van der Waals surface area (Å²) in [6.07, 6.45) is 1.69. The summed E-state index contributed by atoms with van der Waals surface area (Å²) >= 11 is 0. The van der Waals surface area contributed by atoms with Crippen molar-refractivity contribution >= 4 is 11.5 Å². The van der Waals surface area contributed by atoms with E-state index in [9.17, 15) is 4.79 Å². The van der Waals surface area contributed by atoms with Crippen LogP contribution in [0.3, 0.4) is 0 Å².